The number of methoxy groups -OCH3 is 2. The lowest BCUT2D eigenvalue weighted by Crippen LogP contribution is -2.44. The van der Waals surface area contributed by atoms with E-state index in [1.54, 1.807) is 21.1 Å². The molecular weight excluding hydrogens is 428 g/mol. The first-order valence-corrected chi connectivity index (χ1v) is 9.52. The third-order valence-electron chi connectivity index (χ3n) is 4.47. The molecule has 1 heterocycles. The van der Waals surface area contributed by atoms with Gasteiger partial charge in [-0.3, -0.25) is 4.79 Å². The average molecular weight is 447 g/mol. The van der Waals surface area contributed by atoms with Crippen LogP contribution in [0.5, 0.6) is 11.5 Å². The summed E-state index contributed by atoms with van der Waals surface area (Å²) in [5.41, 5.74) is 2.39. The fraction of sp³-hybridized carbons (Fsp3) is 0.250. The zero-order valence-electron chi connectivity index (χ0n) is 15.2. The van der Waals surface area contributed by atoms with Crippen molar-refractivity contribution in [3.8, 4) is 11.5 Å². The third-order valence-corrected chi connectivity index (χ3v) is 5.37. The predicted molar refractivity (Wildman–Crippen MR) is 113 cm³/mol. The normalized spacial score (nSPS) is 19.1. The lowest BCUT2D eigenvalue weighted by Gasteiger charge is -2.33. The fourth-order valence-corrected chi connectivity index (χ4v) is 4.03. The van der Waals surface area contributed by atoms with Crippen LogP contribution >= 0.6 is 28.1 Å². The third kappa shape index (κ3) is 3.89. The first kappa shape index (κ1) is 19.5. The maximum Gasteiger partial charge on any atom is 0.193 e. The first-order valence-electron chi connectivity index (χ1n) is 8.32. The number of nitrogens with one attached hydrogen (secondary N) is 1. The maximum atomic E-state index is 12.6. The number of carbonyl (C=O) groups excluding carboxylic acids is 1. The molecule has 0 radical (unpaired) electrons. The summed E-state index contributed by atoms with van der Waals surface area (Å²) < 4.78 is 11.6. The van der Waals surface area contributed by atoms with Gasteiger partial charge in [0.1, 0.15) is 5.78 Å². The van der Waals surface area contributed by atoms with Crippen LogP contribution in [0.4, 0.5) is 0 Å². The number of hydrogen-bond acceptors (Lipinski definition) is 4. The summed E-state index contributed by atoms with van der Waals surface area (Å²) in [6, 6.07) is 12.9. The summed E-state index contributed by atoms with van der Waals surface area (Å²) in [5, 5.41) is 3.54. The van der Waals surface area contributed by atoms with E-state index in [2.05, 4.69) is 26.2 Å². The molecular formula is C20H19BrN2O3S. The van der Waals surface area contributed by atoms with Gasteiger partial charge >= 0.3 is 0 Å². The van der Waals surface area contributed by atoms with E-state index >= 15 is 0 Å². The summed E-state index contributed by atoms with van der Waals surface area (Å²) in [6.45, 7) is 1.57. The van der Waals surface area contributed by atoms with Gasteiger partial charge in [-0.25, -0.2) is 4.99 Å². The van der Waals surface area contributed by atoms with Gasteiger partial charge in [-0.1, -0.05) is 46.3 Å². The molecule has 7 heteroatoms. The number of benzene rings is 2. The Balaban J connectivity index is 2.14. The Labute approximate surface area is 171 Å². The minimum atomic E-state index is -0.492. The molecule has 0 fully saturated rings. The van der Waals surface area contributed by atoms with Gasteiger partial charge in [0.2, 0.25) is 0 Å². The molecule has 1 N–H and O–H groups in total. The summed E-state index contributed by atoms with van der Waals surface area (Å²) in [4.78, 5) is 17.1. The van der Waals surface area contributed by atoms with Crippen LogP contribution in [0.2, 0.25) is 0 Å². The van der Waals surface area contributed by atoms with Gasteiger partial charge in [0.05, 0.1) is 31.9 Å². The Morgan fingerprint density at radius 3 is 2.37 bits per heavy atom. The van der Waals surface area contributed by atoms with Gasteiger partial charge in [0.25, 0.3) is 0 Å². The van der Waals surface area contributed by atoms with Crippen molar-refractivity contribution in [2.24, 2.45) is 10.9 Å². The highest BCUT2D eigenvalue weighted by molar-refractivity contribution is 9.10. The molecule has 140 valence electrons. The molecule has 27 heavy (non-hydrogen) atoms. The van der Waals surface area contributed by atoms with Gasteiger partial charge in [-0.05, 0) is 42.4 Å². The van der Waals surface area contributed by atoms with E-state index in [4.69, 9.17) is 21.7 Å². The SMILES string of the molecule is COc1cc(Br)c(C2NC(=S)N=C(c3ccccc3)C2C(C)=O)cc1OC. The van der Waals surface area contributed by atoms with E-state index < -0.39 is 5.92 Å². The highest BCUT2D eigenvalue weighted by Gasteiger charge is 2.37. The number of nitrogens with zero attached hydrogens (tertiary/aromatic N) is 1. The number of ketones is 1. The molecule has 0 saturated heterocycles. The Kier molecular flexibility index (Phi) is 5.92. The molecule has 3 rings (SSSR count). The summed E-state index contributed by atoms with van der Waals surface area (Å²) in [6.07, 6.45) is 0. The Morgan fingerprint density at radius 1 is 1.15 bits per heavy atom. The quantitative estimate of drug-likeness (QED) is 0.700. The number of thiocarbonyl (C=S) groups is 1. The van der Waals surface area contributed by atoms with E-state index in [-0.39, 0.29) is 11.8 Å². The zero-order chi connectivity index (χ0) is 19.6. The van der Waals surface area contributed by atoms with Crippen molar-refractivity contribution >= 4 is 44.8 Å². The van der Waals surface area contributed by atoms with Gasteiger partial charge in [-0.2, -0.15) is 0 Å². The fourth-order valence-electron chi connectivity index (χ4n) is 3.23. The summed E-state index contributed by atoms with van der Waals surface area (Å²) in [7, 11) is 3.16. The highest BCUT2D eigenvalue weighted by Crippen LogP contribution is 2.40. The van der Waals surface area contributed by atoms with Crippen molar-refractivity contribution in [1.29, 1.82) is 0 Å². The van der Waals surface area contributed by atoms with E-state index in [0.717, 1.165) is 15.6 Å². The van der Waals surface area contributed by atoms with Crippen molar-refractivity contribution in [2.45, 2.75) is 13.0 Å². The van der Waals surface area contributed by atoms with Crippen molar-refractivity contribution in [3.05, 3.63) is 58.1 Å². The van der Waals surface area contributed by atoms with Crippen LogP contribution in [-0.2, 0) is 4.79 Å². The van der Waals surface area contributed by atoms with Gasteiger partial charge < -0.3 is 14.8 Å². The molecule has 5 nitrogen and oxygen atoms in total. The van der Waals surface area contributed by atoms with Crippen LogP contribution in [-0.4, -0.2) is 30.8 Å². The lowest BCUT2D eigenvalue weighted by molar-refractivity contribution is -0.119. The van der Waals surface area contributed by atoms with Crippen molar-refractivity contribution in [2.75, 3.05) is 14.2 Å². The smallest absolute Gasteiger partial charge is 0.193 e. The molecule has 0 aliphatic carbocycles. The van der Waals surface area contributed by atoms with Gasteiger partial charge in [0.15, 0.2) is 16.6 Å². The zero-order valence-corrected chi connectivity index (χ0v) is 17.6. The number of ether oxygens (including phenoxy) is 2. The Morgan fingerprint density at radius 2 is 1.78 bits per heavy atom. The van der Waals surface area contributed by atoms with Crippen LogP contribution < -0.4 is 14.8 Å². The monoisotopic (exact) mass is 446 g/mol. The second-order valence-electron chi connectivity index (χ2n) is 6.11. The molecule has 0 aromatic heterocycles. The molecule has 2 aromatic carbocycles. The molecule has 1 aliphatic heterocycles. The summed E-state index contributed by atoms with van der Waals surface area (Å²) in [5.74, 6) is 0.685. The maximum absolute atomic E-state index is 12.6. The van der Waals surface area contributed by atoms with E-state index in [0.29, 0.717) is 22.3 Å². The van der Waals surface area contributed by atoms with E-state index in [1.807, 2.05) is 42.5 Å². The molecule has 0 amide bonds. The van der Waals surface area contributed by atoms with Crippen molar-refractivity contribution in [3.63, 3.8) is 0 Å². The minimum absolute atomic E-state index is 0.000659. The molecule has 2 aromatic rings. The highest BCUT2D eigenvalue weighted by atomic mass is 79.9. The molecule has 1 aliphatic rings. The Hall–Kier alpha value is -2.25. The standard InChI is InChI=1S/C20H19BrN2O3S/c1-11(24)17-18(12-7-5-4-6-8-12)22-20(27)23-19(17)13-9-15(25-2)16(26-3)10-14(13)21/h4-10,17,19H,1-3H3,(H,23,27). The summed E-state index contributed by atoms with van der Waals surface area (Å²) >= 11 is 8.96. The average Bonchev–Trinajstić information content (AvgIpc) is 2.67. The van der Waals surface area contributed by atoms with Gasteiger partial charge in [-0.15, -0.1) is 0 Å². The second kappa shape index (κ2) is 8.19. The van der Waals surface area contributed by atoms with Crippen LogP contribution in [0.25, 0.3) is 0 Å². The molecule has 0 spiro atoms. The van der Waals surface area contributed by atoms with Crippen molar-refractivity contribution < 1.29 is 14.3 Å². The lowest BCUT2D eigenvalue weighted by atomic mass is 9.82. The largest absolute Gasteiger partial charge is 0.493 e. The number of hydrogen-bond donors (Lipinski definition) is 1. The minimum Gasteiger partial charge on any atom is -0.493 e. The van der Waals surface area contributed by atoms with Crippen LogP contribution in [0.1, 0.15) is 24.1 Å². The number of rotatable bonds is 5. The van der Waals surface area contributed by atoms with Crippen LogP contribution in [0.3, 0.4) is 0 Å². The van der Waals surface area contributed by atoms with Crippen LogP contribution in [0, 0.1) is 5.92 Å². The molecule has 0 saturated carbocycles. The van der Waals surface area contributed by atoms with E-state index in [9.17, 15) is 4.79 Å². The van der Waals surface area contributed by atoms with Crippen molar-refractivity contribution in [1.82, 2.24) is 5.32 Å². The second-order valence-corrected chi connectivity index (χ2v) is 7.35. The number of halogens is 1. The first-order chi connectivity index (χ1) is 13.0. The number of aliphatic imine (C=N–C) groups is 1. The van der Waals surface area contributed by atoms with Gasteiger partial charge in [0, 0.05) is 4.47 Å². The molecule has 0 bridgehead atoms. The number of carbonyl (C=O) groups is 1. The predicted octanol–water partition coefficient (Wildman–Crippen LogP) is 4.09. The van der Waals surface area contributed by atoms with E-state index in [1.165, 1.54) is 0 Å². The molecule has 2 atom stereocenters. The molecule has 2 unspecified atom stereocenters. The topological polar surface area (TPSA) is 59.9 Å². The Bertz CT molecular complexity index is 915. The van der Waals surface area contributed by atoms with Crippen LogP contribution in [0.15, 0.2) is 51.9 Å². The number of Topliss-reactive ketones (excluding diaryl/α,β-unsaturated/α-hetero) is 1.